The predicted octanol–water partition coefficient (Wildman–Crippen LogP) is 4.79. The number of aromatic amines is 1. The lowest BCUT2D eigenvalue weighted by Gasteiger charge is -2.09. The molecule has 0 saturated heterocycles. The van der Waals surface area contributed by atoms with E-state index in [0.717, 1.165) is 5.57 Å². The molecule has 0 aliphatic rings. The Morgan fingerprint density at radius 2 is 2.10 bits per heavy atom. The molecular weight excluding hydrogens is 371 g/mol. The second kappa shape index (κ2) is 8.52. The van der Waals surface area contributed by atoms with Gasteiger partial charge in [-0.05, 0) is 38.1 Å². The fourth-order valence-corrected chi connectivity index (χ4v) is 2.74. The number of methoxy groups -OCH3 is 1. The van der Waals surface area contributed by atoms with Crippen molar-refractivity contribution in [2.75, 3.05) is 12.4 Å². The highest BCUT2D eigenvalue weighted by molar-refractivity contribution is 6.09. The molecular formula is C22H21FN4O2. The lowest BCUT2D eigenvalue weighted by Crippen LogP contribution is -2.13. The standard InChI is InChI=1S/C22H21FN4O2/c1-5-14(10-9-13(2)3)22(28)25-21-15-11-17(24-12-18(15)26-27-21)20-16(23)7-6-8-19(20)29-4/h5-12H,1H2,2-4H3,(H2,25,26,27,28)/b14-10+. The van der Waals surface area contributed by atoms with Crippen molar-refractivity contribution in [2.45, 2.75) is 13.8 Å². The van der Waals surface area contributed by atoms with Gasteiger partial charge in [0.15, 0.2) is 5.82 Å². The van der Waals surface area contributed by atoms with Gasteiger partial charge in [-0.15, -0.1) is 0 Å². The molecule has 0 atom stereocenters. The van der Waals surface area contributed by atoms with Crippen molar-refractivity contribution in [3.63, 3.8) is 0 Å². The Labute approximate surface area is 167 Å². The van der Waals surface area contributed by atoms with Crippen molar-refractivity contribution in [1.82, 2.24) is 15.2 Å². The van der Waals surface area contributed by atoms with Crippen LogP contribution in [-0.2, 0) is 4.79 Å². The van der Waals surface area contributed by atoms with E-state index < -0.39 is 5.82 Å². The van der Waals surface area contributed by atoms with Gasteiger partial charge in [-0.1, -0.05) is 30.4 Å². The molecule has 2 N–H and O–H groups in total. The number of nitrogens with one attached hydrogen (secondary N) is 2. The van der Waals surface area contributed by atoms with Gasteiger partial charge >= 0.3 is 0 Å². The van der Waals surface area contributed by atoms with E-state index in [1.807, 2.05) is 19.9 Å². The molecule has 0 spiro atoms. The normalized spacial score (nSPS) is 11.2. The maximum atomic E-state index is 14.4. The van der Waals surface area contributed by atoms with Crippen LogP contribution in [0.5, 0.6) is 5.75 Å². The summed E-state index contributed by atoms with van der Waals surface area (Å²) in [5.41, 5.74) is 2.66. The molecule has 0 unspecified atom stereocenters. The van der Waals surface area contributed by atoms with Gasteiger partial charge in [0.1, 0.15) is 11.6 Å². The molecule has 148 valence electrons. The van der Waals surface area contributed by atoms with E-state index in [0.29, 0.717) is 33.7 Å². The number of carbonyl (C=O) groups excluding carboxylic acids is 1. The van der Waals surface area contributed by atoms with Gasteiger partial charge in [0.2, 0.25) is 0 Å². The molecule has 3 aromatic rings. The minimum absolute atomic E-state index is 0.241. The number of halogens is 1. The Hall–Kier alpha value is -3.74. The van der Waals surface area contributed by atoms with Crippen molar-refractivity contribution < 1.29 is 13.9 Å². The number of carbonyl (C=O) groups is 1. The zero-order chi connectivity index (χ0) is 21.0. The molecule has 2 heterocycles. The number of anilines is 1. The van der Waals surface area contributed by atoms with E-state index in [1.54, 1.807) is 24.3 Å². The summed E-state index contributed by atoms with van der Waals surface area (Å²) in [4.78, 5) is 16.9. The van der Waals surface area contributed by atoms with Crippen molar-refractivity contribution in [2.24, 2.45) is 0 Å². The highest BCUT2D eigenvalue weighted by Crippen LogP contribution is 2.33. The van der Waals surface area contributed by atoms with Crippen molar-refractivity contribution in [3.8, 4) is 17.0 Å². The van der Waals surface area contributed by atoms with Gasteiger partial charge in [-0.25, -0.2) is 4.39 Å². The van der Waals surface area contributed by atoms with Crippen molar-refractivity contribution >= 4 is 22.6 Å². The van der Waals surface area contributed by atoms with Crippen LogP contribution in [0.3, 0.4) is 0 Å². The van der Waals surface area contributed by atoms with E-state index in [-0.39, 0.29) is 11.5 Å². The maximum Gasteiger partial charge on any atom is 0.256 e. The Bertz CT molecular complexity index is 1140. The van der Waals surface area contributed by atoms with Crippen LogP contribution in [0.2, 0.25) is 0 Å². The van der Waals surface area contributed by atoms with Crippen LogP contribution < -0.4 is 10.1 Å². The van der Waals surface area contributed by atoms with Crippen molar-refractivity contribution in [1.29, 1.82) is 0 Å². The van der Waals surface area contributed by atoms with Gasteiger partial charge in [0.05, 0.1) is 30.1 Å². The molecule has 7 heteroatoms. The smallest absolute Gasteiger partial charge is 0.256 e. The van der Waals surface area contributed by atoms with Crippen LogP contribution in [0.25, 0.3) is 22.2 Å². The molecule has 0 aliphatic heterocycles. The number of amides is 1. The lowest BCUT2D eigenvalue weighted by atomic mass is 10.1. The fraction of sp³-hybridized carbons (Fsp3) is 0.136. The Kier molecular flexibility index (Phi) is 5.87. The van der Waals surface area contributed by atoms with E-state index in [4.69, 9.17) is 4.74 Å². The van der Waals surface area contributed by atoms with Crippen LogP contribution in [-0.4, -0.2) is 28.2 Å². The number of pyridine rings is 1. The number of aromatic nitrogens is 3. The third-order valence-corrected chi connectivity index (χ3v) is 4.21. The minimum atomic E-state index is -0.455. The van der Waals surface area contributed by atoms with Gasteiger partial charge in [0.25, 0.3) is 5.91 Å². The topological polar surface area (TPSA) is 79.9 Å². The Balaban J connectivity index is 2.01. The van der Waals surface area contributed by atoms with E-state index in [1.165, 1.54) is 25.4 Å². The highest BCUT2D eigenvalue weighted by Gasteiger charge is 2.17. The monoisotopic (exact) mass is 392 g/mol. The quantitative estimate of drug-likeness (QED) is 0.467. The van der Waals surface area contributed by atoms with Crippen molar-refractivity contribution in [3.05, 3.63) is 72.2 Å². The number of H-pyrrole nitrogens is 1. The summed E-state index contributed by atoms with van der Waals surface area (Å²) >= 11 is 0. The SMILES string of the molecule is C=C/C(=C\C=C(C)C)C(=O)Nc1n[nH]c2cnc(-c3c(F)cccc3OC)cc12. The third kappa shape index (κ3) is 4.24. The summed E-state index contributed by atoms with van der Waals surface area (Å²) < 4.78 is 19.7. The number of benzene rings is 1. The first-order valence-corrected chi connectivity index (χ1v) is 8.90. The number of nitrogens with zero attached hydrogens (tertiary/aromatic N) is 2. The zero-order valence-electron chi connectivity index (χ0n) is 16.4. The van der Waals surface area contributed by atoms with E-state index in [9.17, 15) is 9.18 Å². The van der Waals surface area contributed by atoms with Gasteiger partial charge < -0.3 is 10.1 Å². The molecule has 0 aliphatic carbocycles. The summed E-state index contributed by atoms with van der Waals surface area (Å²) in [6.45, 7) is 7.55. The predicted molar refractivity (Wildman–Crippen MR) is 112 cm³/mol. The number of fused-ring (bicyclic) bond motifs is 1. The summed E-state index contributed by atoms with van der Waals surface area (Å²) in [5, 5.41) is 10.3. The Morgan fingerprint density at radius 1 is 1.31 bits per heavy atom. The first kappa shape index (κ1) is 20.0. The molecule has 0 radical (unpaired) electrons. The van der Waals surface area contributed by atoms with E-state index in [2.05, 4.69) is 27.1 Å². The summed E-state index contributed by atoms with van der Waals surface area (Å²) in [6.07, 6.45) is 6.52. The third-order valence-electron chi connectivity index (χ3n) is 4.21. The summed E-state index contributed by atoms with van der Waals surface area (Å²) in [6, 6.07) is 6.22. The highest BCUT2D eigenvalue weighted by atomic mass is 19.1. The molecule has 1 amide bonds. The van der Waals surface area contributed by atoms with Gasteiger partial charge in [0, 0.05) is 11.0 Å². The second-order valence-electron chi connectivity index (χ2n) is 6.53. The minimum Gasteiger partial charge on any atom is -0.496 e. The van der Waals surface area contributed by atoms with Gasteiger partial charge in [-0.2, -0.15) is 5.10 Å². The first-order chi connectivity index (χ1) is 13.9. The number of hydrogen-bond acceptors (Lipinski definition) is 4. The molecule has 3 rings (SSSR count). The average Bonchev–Trinajstić information content (AvgIpc) is 3.10. The molecule has 29 heavy (non-hydrogen) atoms. The number of hydrogen-bond donors (Lipinski definition) is 2. The first-order valence-electron chi connectivity index (χ1n) is 8.90. The number of allylic oxidation sites excluding steroid dienone is 3. The maximum absolute atomic E-state index is 14.4. The lowest BCUT2D eigenvalue weighted by molar-refractivity contribution is -0.112. The number of rotatable bonds is 6. The molecule has 0 bridgehead atoms. The largest absolute Gasteiger partial charge is 0.496 e. The molecule has 2 aromatic heterocycles. The second-order valence-corrected chi connectivity index (χ2v) is 6.53. The summed E-state index contributed by atoms with van der Waals surface area (Å²) in [5.74, 6) is -0.130. The molecule has 0 saturated carbocycles. The van der Waals surface area contributed by atoms with Gasteiger partial charge in [-0.3, -0.25) is 14.9 Å². The molecule has 1 aromatic carbocycles. The van der Waals surface area contributed by atoms with Crippen LogP contribution in [0.15, 0.2) is 66.4 Å². The summed E-state index contributed by atoms with van der Waals surface area (Å²) in [7, 11) is 1.47. The average molecular weight is 392 g/mol. The molecule has 6 nitrogen and oxygen atoms in total. The van der Waals surface area contributed by atoms with E-state index >= 15 is 0 Å². The zero-order valence-corrected chi connectivity index (χ0v) is 16.4. The van der Waals surface area contributed by atoms with Crippen LogP contribution in [0.1, 0.15) is 13.8 Å². The molecule has 0 fully saturated rings. The Morgan fingerprint density at radius 3 is 2.79 bits per heavy atom. The number of ether oxygens (including phenoxy) is 1. The van der Waals surface area contributed by atoms with Crippen LogP contribution in [0.4, 0.5) is 10.2 Å². The fourth-order valence-electron chi connectivity index (χ4n) is 2.74. The van der Waals surface area contributed by atoms with Crippen LogP contribution in [0, 0.1) is 5.82 Å². The van der Waals surface area contributed by atoms with Crippen LogP contribution >= 0.6 is 0 Å².